The third-order valence-electron chi connectivity index (χ3n) is 5.19. The molecule has 1 aliphatic rings. The van der Waals surface area contributed by atoms with E-state index in [2.05, 4.69) is 10.6 Å². The predicted octanol–water partition coefficient (Wildman–Crippen LogP) is 2.73. The third kappa shape index (κ3) is 3.80. The Labute approximate surface area is 175 Å². The zero-order chi connectivity index (χ0) is 22.1. The van der Waals surface area contributed by atoms with E-state index in [-0.39, 0.29) is 6.54 Å². The topological polar surface area (TPSA) is 97.0 Å². The zero-order valence-corrected chi connectivity index (χ0v) is 17.7. The second-order valence-electron chi connectivity index (χ2n) is 7.38. The molecule has 30 heavy (non-hydrogen) atoms. The molecule has 8 nitrogen and oxygen atoms in total. The maximum absolute atomic E-state index is 13.1. The van der Waals surface area contributed by atoms with Gasteiger partial charge < -0.3 is 20.1 Å². The van der Waals surface area contributed by atoms with E-state index in [9.17, 15) is 14.4 Å². The highest BCUT2D eigenvalue weighted by molar-refractivity contribution is 6.10. The molecular formula is C22H25N3O5. The van der Waals surface area contributed by atoms with Crippen molar-refractivity contribution in [3.8, 4) is 11.5 Å². The lowest BCUT2D eigenvalue weighted by Crippen LogP contribution is -2.42. The minimum Gasteiger partial charge on any atom is -0.493 e. The highest BCUT2D eigenvalue weighted by Gasteiger charge is 2.49. The molecule has 158 valence electrons. The van der Waals surface area contributed by atoms with E-state index in [0.29, 0.717) is 22.7 Å². The van der Waals surface area contributed by atoms with Crippen molar-refractivity contribution in [3.63, 3.8) is 0 Å². The minimum atomic E-state index is -1.32. The van der Waals surface area contributed by atoms with E-state index in [0.717, 1.165) is 16.0 Å². The van der Waals surface area contributed by atoms with Gasteiger partial charge in [0.15, 0.2) is 11.5 Å². The fraction of sp³-hybridized carbons (Fsp3) is 0.318. The summed E-state index contributed by atoms with van der Waals surface area (Å²) in [5, 5.41) is 5.44. The maximum Gasteiger partial charge on any atom is 0.325 e. The molecular weight excluding hydrogens is 386 g/mol. The first-order chi connectivity index (χ1) is 14.2. The number of nitrogens with zero attached hydrogens (tertiary/aromatic N) is 1. The molecule has 1 unspecified atom stereocenters. The number of rotatable bonds is 6. The first kappa shape index (κ1) is 21.2. The maximum atomic E-state index is 13.1. The molecule has 0 saturated carbocycles. The normalized spacial score (nSPS) is 18.2. The molecule has 0 radical (unpaired) electrons. The van der Waals surface area contributed by atoms with Crippen LogP contribution < -0.4 is 20.1 Å². The number of nitrogens with one attached hydrogen (secondary N) is 2. The van der Waals surface area contributed by atoms with Gasteiger partial charge in [0.25, 0.3) is 5.91 Å². The molecule has 1 atom stereocenters. The van der Waals surface area contributed by atoms with Crippen molar-refractivity contribution in [2.24, 2.45) is 0 Å². The van der Waals surface area contributed by atoms with Gasteiger partial charge in [0.1, 0.15) is 12.1 Å². The molecule has 2 aromatic rings. The Bertz CT molecular complexity index is 1020. The van der Waals surface area contributed by atoms with Gasteiger partial charge in [0, 0.05) is 5.69 Å². The predicted molar refractivity (Wildman–Crippen MR) is 112 cm³/mol. The van der Waals surface area contributed by atoms with Crippen LogP contribution in [0.2, 0.25) is 0 Å². The van der Waals surface area contributed by atoms with Crippen molar-refractivity contribution in [1.82, 2.24) is 10.2 Å². The Morgan fingerprint density at radius 1 is 1.07 bits per heavy atom. The second kappa shape index (κ2) is 8.06. The van der Waals surface area contributed by atoms with Crippen LogP contribution in [-0.4, -0.2) is 43.5 Å². The number of carbonyl (C=O) groups excluding carboxylic acids is 3. The largest absolute Gasteiger partial charge is 0.493 e. The fourth-order valence-electron chi connectivity index (χ4n) is 3.47. The number of aryl methyl sites for hydroxylation is 2. The van der Waals surface area contributed by atoms with Crippen LogP contribution in [0.3, 0.4) is 0 Å². The molecule has 1 aliphatic heterocycles. The third-order valence-corrected chi connectivity index (χ3v) is 5.19. The van der Waals surface area contributed by atoms with Crippen LogP contribution in [0, 0.1) is 13.8 Å². The van der Waals surface area contributed by atoms with Crippen molar-refractivity contribution in [1.29, 1.82) is 0 Å². The highest BCUT2D eigenvalue weighted by atomic mass is 16.5. The van der Waals surface area contributed by atoms with Crippen LogP contribution in [0.1, 0.15) is 23.6 Å². The number of urea groups is 1. The van der Waals surface area contributed by atoms with E-state index in [1.165, 1.54) is 14.2 Å². The van der Waals surface area contributed by atoms with E-state index < -0.39 is 23.4 Å². The van der Waals surface area contributed by atoms with Gasteiger partial charge in [-0.3, -0.25) is 14.5 Å². The average molecular weight is 411 g/mol. The van der Waals surface area contributed by atoms with Crippen LogP contribution in [0.15, 0.2) is 36.4 Å². The molecule has 0 spiro atoms. The van der Waals surface area contributed by atoms with Crippen LogP contribution in [0.5, 0.6) is 11.5 Å². The quantitative estimate of drug-likeness (QED) is 0.713. The molecule has 0 aliphatic carbocycles. The summed E-state index contributed by atoms with van der Waals surface area (Å²) in [5.41, 5.74) is 1.81. The van der Waals surface area contributed by atoms with Crippen LogP contribution >= 0.6 is 0 Å². The number of ether oxygens (including phenoxy) is 2. The molecule has 4 amide bonds. The Morgan fingerprint density at radius 3 is 2.40 bits per heavy atom. The monoisotopic (exact) mass is 411 g/mol. The summed E-state index contributed by atoms with van der Waals surface area (Å²) in [6.07, 6.45) is 0. The number of amides is 4. The van der Waals surface area contributed by atoms with E-state index in [1.54, 1.807) is 31.2 Å². The van der Waals surface area contributed by atoms with E-state index in [1.807, 2.05) is 26.0 Å². The Hall–Kier alpha value is -3.55. The fourth-order valence-corrected chi connectivity index (χ4v) is 3.47. The number of anilines is 1. The number of methoxy groups -OCH3 is 2. The van der Waals surface area contributed by atoms with Crippen molar-refractivity contribution in [2.45, 2.75) is 26.3 Å². The Kier molecular flexibility index (Phi) is 5.69. The van der Waals surface area contributed by atoms with Crippen molar-refractivity contribution < 1.29 is 23.9 Å². The number of hydrogen-bond acceptors (Lipinski definition) is 5. The smallest absolute Gasteiger partial charge is 0.325 e. The molecule has 2 N–H and O–H groups in total. The number of hydrogen-bond donors (Lipinski definition) is 2. The summed E-state index contributed by atoms with van der Waals surface area (Å²) in [6.45, 7) is 5.04. The molecule has 1 fully saturated rings. The first-order valence-electron chi connectivity index (χ1n) is 9.43. The molecule has 1 saturated heterocycles. The number of carbonyl (C=O) groups is 3. The SMILES string of the molecule is COc1ccc(C2(C)NC(=O)N(CC(=O)Nc3ccc(C)cc3C)C2=O)cc1OC. The van der Waals surface area contributed by atoms with Crippen LogP contribution in [-0.2, 0) is 15.1 Å². The summed E-state index contributed by atoms with van der Waals surface area (Å²) in [4.78, 5) is 39.0. The van der Waals surface area contributed by atoms with Gasteiger partial charge in [-0.05, 0) is 50.1 Å². The lowest BCUT2D eigenvalue weighted by Gasteiger charge is -2.23. The minimum absolute atomic E-state index is 0.388. The summed E-state index contributed by atoms with van der Waals surface area (Å²) in [7, 11) is 3.00. The second-order valence-corrected chi connectivity index (χ2v) is 7.38. The molecule has 0 bridgehead atoms. The van der Waals surface area contributed by atoms with Gasteiger partial charge in [-0.15, -0.1) is 0 Å². The zero-order valence-electron chi connectivity index (χ0n) is 17.7. The summed E-state index contributed by atoms with van der Waals surface area (Å²) >= 11 is 0. The average Bonchev–Trinajstić information content (AvgIpc) is 2.93. The molecule has 2 aromatic carbocycles. The number of benzene rings is 2. The number of imide groups is 1. The van der Waals surface area contributed by atoms with Gasteiger partial charge in [0.05, 0.1) is 14.2 Å². The highest BCUT2D eigenvalue weighted by Crippen LogP contribution is 2.35. The van der Waals surface area contributed by atoms with Gasteiger partial charge in [0.2, 0.25) is 5.91 Å². The lowest BCUT2D eigenvalue weighted by molar-refractivity contribution is -0.133. The van der Waals surface area contributed by atoms with Crippen LogP contribution in [0.25, 0.3) is 0 Å². The van der Waals surface area contributed by atoms with Gasteiger partial charge in [-0.25, -0.2) is 4.79 Å². The Morgan fingerprint density at radius 2 is 1.77 bits per heavy atom. The van der Waals surface area contributed by atoms with Gasteiger partial charge in [-0.2, -0.15) is 0 Å². The summed E-state index contributed by atoms with van der Waals surface area (Å²) < 4.78 is 10.5. The molecule has 1 heterocycles. The Balaban J connectivity index is 1.79. The van der Waals surface area contributed by atoms with Crippen molar-refractivity contribution in [2.75, 3.05) is 26.1 Å². The standard InChI is InChI=1S/C22H25N3O5/c1-13-6-8-16(14(2)10-13)23-19(26)12-25-20(27)22(3,24-21(25)28)15-7-9-17(29-4)18(11-15)30-5/h6-11H,12H2,1-5H3,(H,23,26)(H,24,28). The van der Waals surface area contributed by atoms with Crippen LogP contribution in [0.4, 0.5) is 10.5 Å². The first-order valence-corrected chi connectivity index (χ1v) is 9.43. The molecule has 8 heteroatoms. The van der Waals surface area contributed by atoms with Crippen molar-refractivity contribution >= 4 is 23.5 Å². The van der Waals surface area contributed by atoms with E-state index >= 15 is 0 Å². The summed E-state index contributed by atoms with van der Waals surface area (Å²) in [5.74, 6) is -0.0341. The molecule has 3 rings (SSSR count). The van der Waals surface area contributed by atoms with E-state index in [4.69, 9.17) is 9.47 Å². The lowest BCUT2D eigenvalue weighted by atomic mass is 9.91. The van der Waals surface area contributed by atoms with Gasteiger partial charge in [-0.1, -0.05) is 23.8 Å². The van der Waals surface area contributed by atoms with Gasteiger partial charge >= 0.3 is 6.03 Å². The molecule has 0 aromatic heterocycles. The van der Waals surface area contributed by atoms with Crippen molar-refractivity contribution in [3.05, 3.63) is 53.1 Å². The summed E-state index contributed by atoms with van der Waals surface area (Å²) in [6, 6.07) is 9.96.